The van der Waals surface area contributed by atoms with Gasteiger partial charge in [0.2, 0.25) is 0 Å². The standard InChI is InChI=1S/C19H15Cl2N3O3/c1-11(18(25)24-16-7-6-14(20)10-15(16)21)27-19(26)13-4-2-12(3-5-13)17-22-8-9-23-17/h2-11H,1H3,(H,22,23)(H,24,25). The number of aromatic amines is 1. The van der Waals surface area contributed by atoms with Crippen LogP contribution in [0.25, 0.3) is 11.4 Å². The van der Waals surface area contributed by atoms with Gasteiger partial charge >= 0.3 is 5.97 Å². The van der Waals surface area contributed by atoms with E-state index in [2.05, 4.69) is 15.3 Å². The van der Waals surface area contributed by atoms with Crippen LogP contribution in [0.1, 0.15) is 17.3 Å². The molecule has 0 radical (unpaired) electrons. The molecule has 8 heteroatoms. The number of hydrogen-bond acceptors (Lipinski definition) is 4. The zero-order chi connectivity index (χ0) is 19.4. The number of esters is 1. The third-order valence-electron chi connectivity index (χ3n) is 3.73. The first-order valence-corrected chi connectivity index (χ1v) is 8.76. The highest BCUT2D eigenvalue weighted by Crippen LogP contribution is 2.25. The predicted octanol–water partition coefficient (Wildman–Crippen LogP) is 4.57. The first-order chi connectivity index (χ1) is 12.9. The van der Waals surface area contributed by atoms with Gasteiger partial charge in [-0.3, -0.25) is 4.79 Å². The molecule has 1 atom stereocenters. The summed E-state index contributed by atoms with van der Waals surface area (Å²) in [6.45, 7) is 1.48. The van der Waals surface area contributed by atoms with Gasteiger partial charge in [-0.2, -0.15) is 0 Å². The summed E-state index contributed by atoms with van der Waals surface area (Å²) in [4.78, 5) is 31.6. The van der Waals surface area contributed by atoms with Crippen molar-refractivity contribution in [3.05, 3.63) is 70.5 Å². The first kappa shape index (κ1) is 18.9. The summed E-state index contributed by atoms with van der Waals surface area (Å²) in [5.74, 6) is -0.409. The van der Waals surface area contributed by atoms with Crippen LogP contribution in [0.15, 0.2) is 54.9 Å². The van der Waals surface area contributed by atoms with Crippen LogP contribution < -0.4 is 5.32 Å². The maximum Gasteiger partial charge on any atom is 0.338 e. The Morgan fingerprint density at radius 3 is 2.52 bits per heavy atom. The minimum atomic E-state index is -1.01. The highest BCUT2D eigenvalue weighted by atomic mass is 35.5. The molecule has 6 nitrogen and oxygen atoms in total. The Hall–Kier alpha value is -2.83. The van der Waals surface area contributed by atoms with Crippen molar-refractivity contribution in [2.45, 2.75) is 13.0 Å². The number of anilines is 1. The van der Waals surface area contributed by atoms with E-state index in [4.69, 9.17) is 27.9 Å². The van der Waals surface area contributed by atoms with Crippen LogP contribution in [0, 0.1) is 0 Å². The molecule has 0 aliphatic heterocycles. The number of benzene rings is 2. The number of carbonyl (C=O) groups excluding carboxylic acids is 2. The lowest BCUT2D eigenvalue weighted by Gasteiger charge is -2.14. The van der Waals surface area contributed by atoms with Gasteiger partial charge < -0.3 is 15.0 Å². The second-order valence-corrected chi connectivity index (χ2v) is 6.52. The van der Waals surface area contributed by atoms with Crippen LogP contribution >= 0.6 is 23.2 Å². The molecule has 0 saturated heterocycles. The van der Waals surface area contributed by atoms with Crippen LogP contribution in [0.5, 0.6) is 0 Å². The molecule has 138 valence electrons. The average Bonchev–Trinajstić information content (AvgIpc) is 3.18. The predicted molar refractivity (Wildman–Crippen MR) is 104 cm³/mol. The number of imidazole rings is 1. The molecule has 3 aromatic rings. The molecule has 1 aromatic heterocycles. The Kier molecular flexibility index (Phi) is 5.78. The Morgan fingerprint density at radius 1 is 1.15 bits per heavy atom. The average molecular weight is 404 g/mol. The molecule has 3 rings (SSSR count). The largest absolute Gasteiger partial charge is 0.449 e. The number of amides is 1. The Bertz CT molecular complexity index is 957. The summed E-state index contributed by atoms with van der Waals surface area (Å²) in [5.41, 5.74) is 1.55. The molecule has 27 heavy (non-hydrogen) atoms. The molecule has 0 aliphatic rings. The van der Waals surface area contributed by atoms with Crippen LogP contribution in [-0.4, -0.2) is 27.9 Å². The van der Waals surface area contributed by atoms with Crippen molar-refractivity contribution in [3.8, 4) is 11.4 Å². The Balaban J connectivity index is 1.62. The lowest BCUT2D eigenvalue weighted by Crippen LogP contribution is -2.30. The Morgan fingerprint density at radius 2 is 1.89 bits per heavy atom. The molecule has 1 heterocycles. The molecule has 2 aromatic carbocycles. The van der Waals surface area contributed by atoms with E-state index in [1.54, 1.807) is 48.8 Å². The van der Waals surface area contributed by atoms with Gasteiger partial charge in [-0.15, -0.1) is 0 Å². The Labute approximate surface area is 165 Å². The highest BCUT2D eigenvalue weighted by molar-refractivity contribution is 6.36. The van der Waals surface area contributed by atoms with Crippen molar-refractivity contribution in [2.75, 3.05) is 5.32 Å². The van der Waals surface area contributed by atoms with Gasteiger partial charge in [0, 0.05) is 23.0 Å². The van der Waals surface area contributed by atoms with Gasteiger partial charge in [0.1, 0.15) is 5.82 Å². The van der Waals surface area contributed by atoms with E-state index in [1.807, 2.05) is 0 Å². The summed E-state index contributed by atoms with van der Waals surface area (Å²) in [7, 11) is 0. The van der Waals surface area contributed by atoms with Crippen LogP contribution in [-0.2, 0) is 9.53 Å². The topological polar surface area (TPSA) is 84.1 Å². The summed E-state index contributed by atoms with van der Waals surface area (Å²) < 4.78 is 5.22. The van der Waals surface area contributed by atoms with Crippen LogP contribution in [0.2, 0.25) is 10.0 Å². The fourth-order valence-corrected chi connectivity index (χ4v) is 2.75. The molecule has 0 saturated carbocycles. The molecule has 1 amide bonds. The van der Waals surface area contributed by atoms with Gasteiger partial charge in [0.25, 0.3) is 5.91 Å². The molecule has 0 spiro atoms. The van der Waals surface area contributed by atoms with E-state index < -0.39 is 18.0 Å². The number of H-pyrrole nitrogens is 1. The minimum Gasteiger partial charge on any atom is -0.449 e. The van der Waals surface area contributed by atoms with E-state index >= 15 is 0 Å². The summed E-state index contributed by atoms with van der Waals surface area (Å²) in [5, 5.41) is 3.35. The van der Waals surface area contributed by atoms with E-state index in [9.17, 15) is 9.59 Å². The maximum absolute atomic E-state index is 12.3. The fraction of sp³-hybridized carbons (Fsp3) is 0.105. The number of hydrogen-bond donors (Lipinski definition) is 2. The smallest absolute Gasteiger partial charge is 0.338 e. The SMILES string of the molecule is CC(OC(=O)c1ccc(-c2ncc[nH]2)cc1)C(=O)Nc1ccc(Cl)cc1Cl. The van der Waals surface area contributed by atoms with Crippen molar-refractivity contribution in [1.82, 2.24) is 9.97 Å². The molecule has 0 aliphatic carbocycles. The summed E-state index contributed by atoms with van der Waals surface area (Å²) in [6.07, 6.45) is 2.35. The monoisotopic (exact) mass is 403 g/mol. The molecular formula is C19H15Cl2N3O3. The zero-order valence-electron chi connectivity index (χ0n) is 14.2. The molecular weight excluding hydrogens is 389 g/mol. The van der Waals surface area contributed by atoms with Crippen LogP contribution in [0.3, 0.4) is 0 Å². The molecule has 1 unspecified atom stereocenters. The number of carbonyl (C=O) groups is 2. The van der Waals surface area contributed by atoms with Gasteiger partial charge in [0.15, 0.2) is 6.10 Å². The third kappa shape index (κ3) is 4.67. The van der Waals surface area contributed by atoms with Gasteiger partial charge in [0.05, 0.1) is 16.3 Å². The summed E-state index contributed by atoms with van der Waals surface area (Å²) >= 11 is 11.8. The summed E-state index contributed by atoms with van der Waals surface area (Å²) in [6, 6.07) is 11.4. The number of nitrogens with one attached hydrogen (secondary N) is 2. The number of aromatic nitrogens is 2. The molecule has 2 N–H and O–H groups in total. The lowest BCUT2D eigenvalue weighted by atomic mass is 10.1. The molecule has 0 fully saturated rings. The molecule has 0 bridgehead atoms. The minimum absolute atomic E-state index is 0.294. The van der Waals surface area contributed by atoms with Gasteiger partial charge in [-0.05, 0) is 37.3 Å². The third-order valence-corrected chi connectivity index (χ3v) is 4.28. The maximum atomic E-state index is 12.3. The number of nitrogens with zero attached hydrogens (tertiary/aromatic N) is 1. The van der Waals surface area contributed by atoms with Crippen molar-refractivity contribution in [2.24, 2.45) is 0 Å². The van der Waals surface area contributed by atoms with Crippen molar-refractivity contribution < 1.29 is 14.3 Å². The number of rotatable bonds is 5. The highest BCUT2D eigenvalue weighted by Gasteiger charge is 2.20. The second-order valence-electron chi connectivity index (χ2n) is 5.68. The van der Waals surface area contributed by atoms with Gasteiger partial charge in [-0.1, -0.05) is 35.3 Å². The quantitative estimate of drug-likeness (QED) is 0.611. The van der Waals surface area contributed by atoms with E-state index in [0.717, 1.165) is 5.56 Å². The fourth-order valence-electron chi connectivity index (χ4n) is 2.29. The van der Waals surface area contributed by atoms with E-state index in [-0.39, 0.29) is 0 Å². The van der Waals surface area contributed by atoms with Crippen molar-refractivity contribution in [1.29, 1.82) is 0 Å². The lowest BCUT2D eigenvalue weighted by molar-refractivity contribution is -0.123. The van der Waals surface area contributed by atoms with Gasteiger partial charge in [-0.25, -0.2) is 9.78 Å². The van der Waals surface area contributed by atoms with Crippen molar-refractivity contribution in [3.63, 3.8) is 0 Å². The zero-order valence-corrected chi connectivity index (χ0v) is 15.7. The number of halogens is 2. The normalized spacial score (nSPS) is 11.7. The van der Waals surface area contributed by atoms with Crippen LogP contribution in [0.4, 0.5) is 5.69 Å². The van der Waals surface area contributed by atoms with E-state index in [1.165, 1.54) is 13.0 Å². The first-order valence-electron chi connectivity index (χ1n) is 8.01. The van der Waals surface area contributed by atoms with Crippen molar-refractivity contribution >= 4 is 40.8 Å². The number of ether oxygens (including phenoxy) is 1. The second kappa shape index (κ2) is 8.24. The van der Waals surface area contributed by atoms with E-state index in [0.29, 0.717) is 27.1 Å².